The summed E-state index contributed by atoms with van der Waals surface area (Å²) in [6, 6.07) is 76.6. The molecule has 1 heteroatoms. The fraction of sp³-hybridized carbons (Fsp3) is 0. The van der Waals surface area contributed by atoms with E-state index in [1.54, 1.807) is 0 Å². The first-order chi connectivity index (χ1) is 25.3. The summed E-state index contributed by atoms with van der Waals surface area (Å²) < 4.78 is 0. The van der Waals surface area contributed by atoms with Crippen LogP contribution in [0.4, 0.5) is 17.1 Å². The lowest BCUT2D eigenvalue weighted by Crippen LogP contribution is -2.10. The fourth-order valence-corrected chi connectivity index (χ4v) is 7.40. The van der Waals surface area contributed by atoms with Gasteiger partial charge >= 0.3 is 0 Å². The van der Waals surface area contributed by atoms with Crippen LogP contribution in [0, 0.1) is 0 Å². The van der Waals surface area contributed by atoms with E-state index in [1.807, 2.05) is 0 Å². The largest absolute Gasteiger partial charge is 0.310 e. The predicted molar refractivity (Wildman–Crippen MR) is 218 cm³/mol. The van der Waals surface area contributed by atoms with E-state index in [0.717, 1.165) is 17.1 Å². The van der Waals surface area contributed by atoms with Gasteiger partial charge in [0.05, 0.1) is 0 Å². The molecule has 0 aromatic heterocycles. The van der Waals surface area contributed by atoms with E-state index in [-0.39, 0.29) is 0 Å². The molecule has 0 bridgehead atoms. The van der Waals surface area contributed by atoms with Crippen molar-refractivity contribution in [2.75, 3.05) is 4.90 Å². The maximum atomic E-state index is 2.37. The topological polar surface area (TPSA) is 3.24 Å². The molecule has 0 saturated carbocycles. The van der Waals surface area contributed by atoms with Crippen LogP contribution >= 0.6 is 0 Å². The maximum absolute atomic E-state index is 2.37. The van der Waals surface area contributed by atoms with E-state index in [9.17, 15) is 0 Å². The highest BCUT2D eigenvalue weighted by molar-refractivity contribution is 5.98. The molecule has 0 unspecified atom stereocenters. The van der Waals surface area contributed by atoms with E-state index in [4.69, 9.17) is 0 Å². The van der Waals surface area contributed by atoms with Crippen molar-refractivity contribution in [1.29, 1.82) is 0 Å². The van der Waals surface area contributed by atoms with E-state index in [1.165, 1.54) is 66.1 Å². The van der Waals surface area contributed by atoms with Gasteiger partial charge in [0.15, 0.2) is 0 Å². The molecule has 1 nitrogen and oxygen atoms in total. The summed E-state index contributed by atoms with van der Waals surface area (Å²) in [6.07, 6.45) is 0. The zero-order valence-electron chi connectivity index (χ0n) is 28.2. The van der Waals surface area contributed by atoms with Crippen LogP contribution in [-0.2, 0) is 0 Å². The first kappa shape index (κ1) is 30.4. The van der Waals surface area contributed by atoms with Crippen molar-refractivity contribution >= 4 is 38.6 Å². The Balaban J connectivity index is 1.15. The number of anilines is 3. The lowest BCUT2D eigenvalue weighted by atomic mass is 9.94. The Morgan fingerprint density at radius 2 is 0.627 bits per heavy atom. The average Bonchev–Trinajstić information content (AvgIpc) is 3.21. The summed E-state index contributed by atoms with van der Waals surface area (Å²) in [5, 5.41) is 5.01. The molecule has 9 rings (SSSR count). The minimum atomic E-state index is 1.10. The van der Waals surface area contributed by atoms with Crippen LogP contribution < -0.4 is 4.90 Å². The highest BCUT2D eigenvalue weighted by Crippen LogP contribution is 2.41. The van der Waals surface area contributed by atoms with Crippen LogP contribution in [0.15, 0.2) is 212 Å². The Kier molecular flexibility index (Phi) is 7.92. The van der Waals surface area contributed by atoms with Crippen LogP contribution in [0.2, 0.25) is 0 Å². The number of benzene rings is 9. The number of nitrogens with zero attached hydrogens (tertiary/aromatic N) is 1. The van der Waals surface area contributed by atoms with E-state index in [2.05, 4.69) is 217 Å². The lowest BCUT2D eigenvalue weighted by molar-refractivity contribution is 1.28. The highest BCUT2D eigenvalue weighted by Gasteiger charge is 2.16. The second-order valence-corrected chi connectivity index (χ2v) is 12.9. The SMILES string of the molecule is c1ccc(-c2ccccc2-c2ccc(N(c3ccc(-c4cccc5ccccc45)cc3)c3cccc(-c4cccc5ccccc45)c3)cc2)cc1. The molecule has 0 amide bonds. The van der Waals surface area contributed by atoms with Gasteiger partial charge in [0.1, 0.15) is 0 Å². The van der Waals surface area contributed by atoms with Crippen LogP contribution in [0.1, 0.15) is 0 Å². The molecule has 9 aromatic carbocycles. The molecule has 0 radical (unpaired) electrons. The smallest absolute Gasteiger partial charge is 0.0467 e. The van der Waals surface area contributed by atoms with Gasteiger partial charge < -0.3 is 4.90 Å². The highest BCUT2D eigenvalue weighted by atomic mass is 15.1. The molecule has 0 aliphatic heterocycles. The molecule has 0 spiro atoms. The van der Waals surface area contributed by atoms with Crippen molar-refractivity contribution < 1.29 is 0 Å². The van der Waals surface area contributed by atoms with Gasteiger partial charge in [-0.3, -0.25) is 0 Å². The minimum Gasteiger partial charge on any atom is -0.310 e. The first-order valence-electron chi connectivity index (χ1n) is 17.5. The third-order valence-electron chi connectivity index (χ3n) is 9.88. The summed E-state index contributed by atoms with van der Waals surface area (Å²) in [5.74, 6) is 0. The molecule has 0 saturated heterocycles. The van der Waals surface area contributed by atoms with Crippen molar-refractivity contribution in [1.82, 2.24) is 0 Å². The Hall–Kier alpha value is -6.70. The molecule has 0 N–H and O–H groups in total. The molecular formula is C50H35N. The molecule has 0 atom stereocenters. The standard InChI is InChI=1S/C50H35N/c1-2-13-36(14-3-1)45-23-8-9-24-48(45)39-27-31-42(32-28-39)51(43-33-29-40(30-34-43)49-25-11-17-37-15-4-6-21-46(37)49)44-20-10-19-41(35-44)50-26-12-18-38-16-5-7-22-47(38)50/h1-35H. The van der Waals surface area contributed by atoms with Gasteiger partial charge in [0.2, 0.25) is 0 Å². The van der Waals surface area contributed by atoms with Gasteiger partial charge in [-0.25, -0.2) is 0 Å². The predicted octanol–water partition coefficient (Wildman–Crippen LogP) is 14.1. The van der Waals surface area contributed by atoms with Gasteiger partial charge in [-0.2, -0.15) is 0 Å². The number of hydrogen-bond donors (Lipinski definition) is 0. The molecule has 0 aliphatic carbocycles. The molecule has 240 valence electrons. The second kappa shape index (κ2) is 13.3. The molecule has 51 heavy (non-hydrogen) atoms. The van der Waals surface area contributed by atoms with Gasteiger partial charge in [-0.15, -0.1) is 0 Å². The summed E-state index contributed by atoms with van der Waals surface area (Å²) in [5.41, 5.74) is 13.0. The van der Waals surface area contributed by atoms with Crippen molar-refractivity contribution in [3.8, 4) is 44.5 Å². The Bertz CT molecular complexity index is 2610. The van der Waals surface area contributed by atoms with Gasteiger partial charge in [-0.05, 0) is 102 Å². The Morgan fingerprint density at radius 1 is 0.235 bits per heavy atom. The monoisotopic (exact) mass is 649 g/mol. The molecular weight excluding hydrogens is 615 g/mol. The summed E-state index contributed by atoms with van der Waals surface area (Å²) in [6.45, 7) is 0. The summed E-state index contributed by atoms with van der Waals surface area (Å²) in [7, 11) is 0. The average molecular weight is 650 g/mol. The third kappa shape index (κ3) is 5.86. The van der Waals surface area contributed by atoms with Crippen LogP contribution in [-0.4, -0.2) is 0 Å². The van der Waals surface area contributed by atoms with E-state index in [0.29, 0.717) is 0 Å². The Labute approximate surface area is 299 Å². The molecule has 9 aromatic rings. The zero-order valence-corrected chi connectivity index (χ0v) is 28.2. The number of fused-ring (bicyclic) bond motifs is 2. The summed E-state index contributed by atoms with van der Waals surface area (Å²) in [4.78, 5) is 2.37. The minimum absolute atomic E-state index is 1.10. The van der Waals surface area contributed by atoms with Crippen molar-refractivity contribution in [2.45, 2.75) is 0 Å². The van der Waals surface area contributed by atoms with Crippen LogP contribution in [0.3, 0.4) is 0 Å². The number of hydrogen-bond acceptors (Lipinski definition) is 1. The van der Waals surface area contributed by atoms with E-state index < -0.39 is 0 Å². The molecule has 0 fully saturated rings. The van der Waals surface area contributed by atoms with Gasteiger partial charge in [-0.1, -0.05) is 176 Å². The Morgan fingerprint density at radius 3 is 1.22 bits per heavy atom. The summed E-state index contributed by atoms with van der Waals surface area (Å²) >= 11 is 0. The fourth-order valence-electron chi connectivity index (χ4n) is 7.40. The molecule has 0 aliphatic rings. The van der Waals surface area contributed by atoms with Crippen LogP contribution in [0.5, 0.6) is 0 Å². The van der Waals surface area contributed by atoms with Crippen molar-refractivity contribution in [3.63, 3.8) is 0 Å². The first-order valence-corrected chi connectivity index (χ1v) is 17.5. The van der Waals surface area contributed by atoms with Gasteiger partial charge in [0, 0.05) is 17.1 Å². The van der Waals surface area contributed by atoms with E-state index >= 15 is 0 Å². The molecule has 0 heterocycles. The normalized spacial score (nSPS) is 11.1. The maximum Gasteiger partial charge on any atom is 0.0467 e. The van der Waals surface area contributed by atoms with Crippen molar-refractivity contribution in [3.05, 3.63) is 212 Å². The van der Waals surface area contributed by atoms with Gasteiger partial charge in [0.25, 0.3) is 0 Å². The number of rotatable bonds is 7. The van der Waals surface area contributed by atoms with Crippen molar-refractivity contribution in [2.24, 2.45) is 0 Å². The van der Waals surface area contributed by atoms with Crippen LogP contribution in [0.25, 0.3) is 66.1 Å². The second-order valence-electron chi connectivity index (χ2n) is 12.9. The zero-order chi connectivity index (χ0) is 34.0. The quantitative estimate of drug-likeness (QED) is 0.166. The third-order valence-corrected chi connectivity index (χ3v) is 9.88. The lowest BCUT2D eigenvalue weighted by Gasteiger charge is -2.27.